The number of nitrogens with one attached hydrogen (secondary N) is 2. The Hall–Kier alpha value is -2.07. The normalized spacial score (nSPS) is 17.9. The summed E-state index contributed by atoms with van der Waals surface area (Å²) in [5.74, 6) is -1.20. The second-order valence-corrected chi connectivity index (χ2v) is 9.26. The number of rotatable bonds is 11. The standard InChI is InChI=1S/C26H40N4O5.2ClH/c1-3-4-5-6-10-22(24(31)27-12-13-29-14-16-35-17-15-29)25(32)30-19-21(28-26(33)34-2)18-20-9-7-8-11-23(20)30;;/h7-9,11,21-22H,3-6,10,12-19H2,1-2H3,(H,27,31)(H,28,33);2*1H. The number of nitrogens with zero attached hydrogens (tertiary/aromatic N) is 2. The molecule has 1 aromatic rings. The molecular weight excluding hydrogens is 519 g/mol. The Morgan fingerprint density at radius 2 is 1.84 bits per heavy atom. The van der Waals surface area contributed by atoms with Gasteiger partial charge < -0.3 is 25.0 Å². The molecule has 9 nitrogen and oxygen atoms in total. The minimum absolute atomic E-state index is 0. The highest BCUT2D eigenvalue weighted by Gasteiger charge is 2.36. The lowest BCUT2D eigenvalue weighted by atomic mass is 9.93. The third kappa shape index (κ3) is 9.96. The first kappa shape index (κ1) is 33.0. The molecule has 2 unspecified atom stereocenters. The number of unbranched alkanes of at least 4 members (excludes halogenated alkanes) is 3. The quantitative estimate of drug-likeness (QED) is 0.318. The molecule has 3 amide bonds. The van der Waals surface area contributed by atoms with E-state index in [2.05, 4.69) is 22.5 Å². The zero-order chi connectivity index (χ0) is 25.0. The highest BCUT2D eigenvalue weighted by atomic mass is 35.5. The van der Waals surface area contributed by atoms with Crippen molar-refractivity contribution in [2.24, 2.45) is 5.92 Å². The van der Waals surface area contributed by atoms with Crippen molar-refractivity contribution in [3.8, 4) is 0 Å². The lowest BCUT2D eigenvalue weighted by molar-refractivity contribution is -0.134. The molecule has 0 saturated carbocycles. The number of methoxy groups -OCH3 is 1. The van der Waals surface area contributed by atoms with Gasteiger partial charge in [0.2, 0.25) is 11.8 Å². The number of para-hydroxylation sites is 1. The van der Waals surface area contributed by atoms with Gasteiger partial charge in [0.05, 0.1) is 26.4 Å². The van der Waals surface area contributed by atoms with Crippen LogP contribution in [0.2, 0.25) is 0 Å². The van der Waals surface area contributed by atoms with Crippen LogP contribution in [0, 0.1) is 5.92 Å². The van der Waals surface area contributed by atoms with E-state index in [4.69, 9.17) is 9.47 Å². The first-order valence-electron chi connectivity index (χ1n) is 12.8. The van der Waals surface area contributed by atoms with Gasteiger partial charge in [-0.1, -0.05) is 50.8 Å². The molecule has 2 aliphatic rings. The van der Waals surface area contributed by atoms with Crippen LogP contribution in [-0.4, -0.2) is 81.9 Å². The largest absolute Gasteiger partial charge is 0.453 e. The number of carbonyl (C=O) groups is 3. The number of anilines is 1. The van der Waals surface area contributed by atoms with Crippen LogP contribution in [0.3, 0.4) is 0 Å². The Labute approximate surface area is 232 Å². The summed E-state index contributed by atoms with van der Waals surface area (Å²) in [6.07, 6.45) is 4.56. The van der Waals surface area contributed by atoms with E-state index in [1.165, 1.54) is 7.11 Å². The van der Waals surface area contributed by atoms with Gasteiger partial charge in [-0.3, -0.25) is 14.5 Å². The van der Waals surface area contributed by atoms with E-state index in [1.807, 2.05) is 24.3 Å². The maximum atomic E-state index is 13.8. The van der Waals surface area contributed by atoms with Gasteiger partial charge in [-0.05, 0) is 24.5 Å². The second kappa shape index (κ2) is 17.4. The van der Waals surface area contributed by atoms with Gasteiger partial charge in [-0.25, -0.2) is 4.79 Å². The van der Waals surface area contributed by atoms with Crippen molar-refractivity contribution < 1.29 is 23.9 Å². The molecule has 0 bridgehead atoms. The zero-order valence-electron chi connectivity index (χ0n) is 21.9. The van der Waals surface area contributed by atoms with Crippen molar-refractivity contribution in [2.45, 2.75) is 51.5 Å². The van der Waals surface area contributed by atoms with E-state index in [9.17, 15) is 14.4 Å². The molecule has 3 rings (SSSR count). The van der Waals surface area contributed by atoms with Crippen molar-refractivity contribution in [1.82, 2.24) is 15.5 Å². The van der Waals surface area contributed by atoms with Crippen LogP contribution in [0.4, 0.5) is 10.5 Å². The van der Waals surface area contributed by atoms with Gasteiger partial charge in [-0.15, -0.1) is 24.8 Å². The highest BCUT2D eigenvalue weighted by molar-refractivity contribution is 6.08. The smallest absolute Gasteiger partial charge is 0.407 e. The molecule has 0 aliphatic carbocycles. The lowest BCUT2D eigenvalue weighted by Crippen LogP contribution is -2.53. The van der Waals surface area contributed by atoms with E-state index in [-0.39, 0.29) is 42.7 Å². The van der Waals surface area contributed by atoms with Gasteiger partial charge >= 0.3 is 6.09 Å². The summed E-state index contributed by atoms with van der Waals surface area (Å²) >= 11 is 0. The van der Waals surface area contributed by atoms with Crippen LogP contribution in [0.15, 0.2) is 24.3 Å². The highest BCUT2D eigenvalue weighted by Crippen LogP contribution is 2.29. The van der Waals surface area contributed by atoms with Crippen molar-refractivity contribution in [3.05, 3.63) is 29.8 Å². The zero-order valence-corrected chi connectivity index (χ0v) is 23.5. The van der Waals surface area contributed by atoms with Crippen molar-refractivity contribution in [3.63, 3.8) is 0 Å². The van der Waals surface area contributed by atoms with Gasteiger partial charge in [-0.2, -0.15) is 0 Å². The molecule has 210 valence electrons. The Morgan fingerprint density at radius 1 is 1.11 bits per heavy atom. The fourth-order valence-corrected chi connectivity index (χ4v) is 4.74. The molecule has 37 heavy (non-hydrogen) atoms. The van der Waals surface area contributed by atoms with Gasteiger partial charge in [0, 0.05) is 38.4 Å². The summed E-state index contributed by atoms with van der Waals surface area (Å²) in [6.45, 7) is 6.81. The molecule has 11 heteroatoms. The minimum atomic E-state index is -0.763. The van der Waals surface area contributed by atoms with E-state index in [0.717, 1.165) is 56.6 Å². The molecule has 2 atom stereocenters. The van der Waals surface area contributed by atoms with Gasteiger partial charge in [0.25, 0.3) is 0 Å². The van der Waals surface area contributed by atoms with Gasteiger partial charge in [0.1, 0.15) is 5.92 Å². The van der Waals surface area contributed by atoms with Crippen molar-refractivity contribution >= 4 is 48.4 Å². The molecule has 1 saturated heterocycles. The molecule has 2 heterocycles. The predicted octanol–water partition coefficient (Wildman–Crippen LogP) is 3.18. The maximum Gasteiger partial charge on any atom is 0.407 e. The Kier molecular flexibility index (Phi) is 15.5. The fraction of sp³-hybridized carbons (Fsp3) is 0.654. The lowest BCUT2D eigenvalue weighted by Gasteiger charge is -2.36. The van der Waals surface area contributed by atoms with E-state index < -0.39 is 12.0 Å². The van der Waals surface area contributed by atoms with Crippen molar-refractivity contribution in [2.75, 3.05) is 57.9 Å². The third-order valence-corrected chi connectivity index (χ3v) is 6.72. The van der Waals surface area contributed by atoms with E-state index in [1.54, 1.807) is 4.90 Å². The number of halogens is 2. The van der Waals surface area contributed by atoms with Crippen LogP contribution in [0.25, 0.3) is 0 Å². The molecule has 0 spiro atoms. The number of morpholine rings is 1. The molecule has 2 aliphatic heterocycles. The van der Waals surface area contributed by atoms with Crippen LogP contribution >= 0.6 is 24.8 Å². The predicted molar refractivity (Wildman–Crippen MR) is 149 cm³/mol. The topological polar surface area (TPSA) is 100 Å². The molecule has 1 aromatic carbocycles. The summed E-state index contributed by atoms with van der Waals surface area (Å²) in [5, 5.41) is 5.83. The molecule has 2 N–H and O–H groups in total. The summed E-state index contributed by atoms with van der Waals surface area (Å²) in [4.78, 5) is 42.9. The Bertz CT molecular complexity index is 854. The Morgan fingerprint density at radius 3 is 2.54 bits per heavy atom. The number of fused-ring (bicyclic) bond motifs is 1. The Balaban J connectivity index is 0.00000342. The van der Waals surface area contributed by atoms with E-state index in [0.29, 0.717) is 39.1 Å². The summed E-state index contributed by atoms with van der Waals surface area (Å²) in [5.41, 5.74) is 1.77. The van der Waals surface area contributed by atoms with Crippen molar-refractivity contribution in [1.29, 1.82) is 0 Å². The first-order chi connectivity index (χ1) is 17.0. The number of ether oxygens (including phenoxy) is 2. The van der Waals surface area contributed by atoms with Gasteiger partial charge in [0.15, 0.2) is 0 Å². The molecule has 1 fully saturated rings. The monoisotopic (exact) mass is 560 g/mol. The first-order valence-corrected chi connectivity index (χ1v) is 12.8. The SMILES string of the molecule is CCCCCCC(C(=O)NCCN1CCOCC1)C(=O)N1CC(NC(=O)OC)Cc2ccccc21.Cl.Cl. The van der Waals surface area contributed by atoms with E-state index >= 15 is 0 Å². The molecule has 0 aromatic heterocycles. The third-order valence-electron chi connectivity index (χ3n) is 6.72. The summed E-state index contributed by atoms with van der Waals surface area (Å²) in [7, 11) is 1.32. The number of carbonyl (C=O) groups excluding carboxylic acids is 3. The minimum Gasteiger partial charge on any atom is -0.453 e. The second-order valence-electron chi connectivity index (χ2n) is 9.26. The summed E-state index contributed by atoms with van der Waals surface area (Å²) < 4.78 is 10.1. The summed E-state index contributed by atoms with van der Waals surface area (Å²) in [6, 6.07) is 7.39. The van der Waals surface area contributed by atoms with Crippen LogP contribution in [0.1, 0.15) is 44.6 Å². The van der Waals surface area contributed by atoms with Crippen LogP contribution in [0.5, 0.6) is 0 Å². The fourth-order valence-electron chi connectivity index (χ4n) is 4.74. The maximum absolute atomic E-state index is 13.8. The molecular formula is C26H42Cl2N4O5. The average molecular weight is 562 g/mol. The average Bonchev–Trinajstić information content (AvgIpc) is 2.88. The number of benzene rings is 1. The number of alkyl carbamates (subject to hydrolysis) is 1. The molecule has 0 radical (unpaired) electrons. The number of hydrogen-bond donors (Lipinski definition) is 2. The van der Waals surface area contributed by atoms with Crippen LogP contribution < -0.4 is 15.5 Å². The van der Waals surface area contributed by atoms with Crippen LogP contribution in [-0.2, 0) is 25.5 Å². The number of hydrogen-bond acceptors (Lipinski definition) is 6. The number of amides is 3.